The normalized spacial score (nSPS) is 47.4. The summed E-state index contributed by atoms with van der Waals surface area (Å²) in [4.78, 5) is 26.2. The van der Waals surface area contributed by atoms with Gasteiger partial charge in [0.15, 0.2) is 0 Å². The van der Waals surface area contributed by atoms with Crippen molar-refractivity contribution in [2.75, 3.05) is 19.6 Å². The van der Waals surface area contributed by atoms with Crippen molar-refractivity contribution in [3.8, 4) is 0 Å². The summed E-state index contributed by atoms with van der Waals surface area (Å²) in [5, 5.41) is 18.0. The molecule has 6 fully saturated rings. The number of amides is 2. The van der Waals surface area contributed by atoms with E-state index >= 15 is 0 Å². The van der Waals surface area contributed by atoms with Gasteiger partial charge >= 0.3 is 6.09 Å². The van der Waals surface area contributed by atoms with Crippen LogP contribution in [0.4, 0.5) is 4.79 Å². The van der Waals surface area contributed by atoms with Crippen LogP contribution < -0.4 is 10.6 Å². The summed E-state index contributed by atoms with van der Waals surface area (Å²) in [5.74, 6) is 4.17. The Balaban J connectivity index is 1.04. The molecule has 3 N–H and O–H groups in total. The lowest BCUT2D eigenvalue weighted by atomic mass is 9.44. The van der Waals surface area contributed by atoms with Gasteiger partial charge in [-0.2, -0.15) is 0 Å². The van der Waals surface area contributed by atoms with E-state index in [0.717, 1.165) is 82.7 Å². The van der Waals surface area contributed by atoms with Crippen LogP contribution in [0.5, 0.6) is 0 Å². The second-order valence-corrected chi connectivity index (χ2v) is 18.0. The molecule has 2 saturated heterocycles. The second-order valence-electron chi connectivity index (χ2n) is 18.0. The van der Waals surface area contributed by atoms with E-state index in [2.05, 4.69) is 38.3 Å². The van der Waals surface area contributed by atoms with Crippen LogP contribution in [0, 0.1) is 52.3 Å². The number of likely N-dealkylation sites (tertiary alicyclic amines) is 1. The molecule has 0 radical (unpaired) electrons. The Morgan fingerprint density at radius 3 is 2.49 bits per heavy atom. The van der Waals surface area contributed by atoms with Gasteiger partial charge in [-0.1, -0.05) is 27.7 Å². The van der Waals surface area contributed by atoms with Crippen LogP contribution >= 0.6 is 0 Å². The third-order valence-electron chi connectivity index (χ3n) is 14.3. The molecule has 8 nitrogen and oxygen atoms in total. The van der Waals surface area contributed by atoms with Crippen LogP contribution in [0.15, 0.2) is 0 Å². The number of alkyl carbamates (subject to hydrolysis) is 1. The summed E-state index contributed by atoms with van der Waals surface area (Å²) >= 11 is 0. The van der Waals surface area contributed by atoms with E-state index in [1.54, 1.807) is 0 Å². The minimum atomic E-state index is -0.789. The number of carbonyl (C=O) groups is 2. The highest BCUT2D eigenvalue weighted by molar-refractivity contribution is 5.67. The Kier molecular flexibility index (Phi) is 8.90. The zero-order valence-corrected chi connectivity index (χ0v) is 29.3. The van der Waals surface area contributed by atoms with Crippen LogP contribution in [0.2, 0.25) is 0 Å². The number of nitrogens with zero attached hydrogens (tertiary/aromatic N) is 1. The Morgan fingerprint density at radius 2 is 1.76 bits per heavy atom. The average Bonchev–Trinajstić information content (AvgIpc) is 3.41. The molecule has 45 heavy (non-hydrogen) atoms. The number of nitrogens with one attached hydrogen (secondary N) is 2. The molecule has 6 rings (SSSR count). The predicted octanol–water partition coefficient (Wildman–Crippen LogP) is 6.46. The van der Waals surface area contributed by atoms with Crippen LogP contribution in [0.1, 0.15) is 126 Å². The molecule has 2 amide bonds. The molecule has 0 aromatic heterocycles. The number of hydrogen-bond acceptors (Lipinski definition) is 6. The monoisotopic (exact) mass is 629 g/mol. The quantitative estimate of drug-likeness (QED) is 0.170. The molecule has 12 atom stereocenters. The van der Waals surface area contributed by atoms with Gasteiger partial charge in [-0.3, -0.25) is 10.1 Å². The molecular weight excluding hydrogens is 566 g/mol. The molecular formula is C37H63N3O5. The van der Waals surface area contributed by atoms with E-state index in [4.69, 9.17) is 9.47 Å². The number of carbonyl (C=O) groups excluding carboxylic acids is 2. The average molecular weight is 630 g/mol. The standard InChI is InChI=1S/C37H63N3O5/c1-24-12-15-37(40(22-24)23-41)25(2)31-30(44-37)20-29-27-11-10-26-21-36(43,17-16-34(26,6)28(27)13-14-35(29,31)7)39-19-9-8-18-38-32(42)45-33(3,4)5/h23-31,39,43H,8-22H2,1-7H3,(H,38,42)/t24-,25-,26-,27+,28-,29-,30-,31-,34-,35-,36-,37-/m0/s1. The first kappa shape index (κ1) is 33.5. The molecule has 1 spiro atoms. The second kappa shape index (κ2) is 11.9. The maximum absolute atomic E-state index is 12.3. The number of rotatable bonds is 7. The summed E-state index contributed by atoms with van der Waals surface area (Å²) < 4.78 is 12.4. The summed E-state index contributed by atoms with van der Waals surface area (Å²) in [7, 11) is 0. The van der Waals surface area contributed by atoms with Crippen molar-refractivity contribution in [3.05, 3.63) is 0 Å². The molecule has 0 unspecified atom stereocenters. The smallest absolute Gasteiger partial charge is 0.407 e. The summed E-state index contributed by atoms with van der Waals surface area (Å²) in [5.41, 5.74) is -1.10. The Labute approximate surface area is 272 Å². The fraction of sp³-hybridized carbons (Fsp3) is 0.946. The van der Waals surface area contributed by atoms with E-state index in [-0.39, 0.29) is 23.0 Å². The van der Waals surface area contributed by atoms with Crippen molar-refractivity contribution in [1.29, 1.82) is 0 Å². The van der Waals surface area contributed by atoms with Gasteiger partial charge in [-0.05, 0) is 151 Å². The van der Waals surface area contributed by atoms with Gasteiger partial charge in [0.1, 0.15) is 17.1 Å². The molecule has 256 valence electrons. The minimum Gasteiger partial charge on any atom is -0.444 e. The largest absolute Gasteiger partial charge is 0.444 e. The van der Waals surface area contributed by atoms with Crippen molar-refractivity contribution < 1.29 is 24.2 Å². The zero-order valence-electron chi connectivity index (χ0n) is 29.3. The maximum atomic E-state index is 12.3. The SMILES string of the molecule is C[C@H]1CC[C@@]2(O[C@H]3C[C@H]4[C@@H]5CC[C@H]6C[C@](O)(NCCCCNC(=O)OC(C)(C)C)CC[C@]6(C)[C@H]5CC[C@]4(C)[C@H]3[C@@H]2C)N(C=O)C1. The van der Waals surface area contributed by atoms with E-state index < -0.39 is 17.1 Å². The predicted molar refractivity (Wildman–Crippen MR) is 175 cm³/mol. The topological polar surface area (TPSA) is 100 Å². The molecule has 4 saturated carbocycles. The van der Waals surface area contributed by atoms with Crippen LogP contribution in [0.25, 0.3) is 0 Å². The third-order valence-corrected chi connectivity index (χ3v) is 14.3. The summed E-state index contributed by atoms with van der Waals surface area (Å²) in [6.07, 6.45) is 13.8. The van der Waals surface area contributed by atoms with Crippen LogP contribution in [-0.4, -0.2) is 65.3 Å². The van der Waals surface area contributed by atoms with Crippen molar-refractivity contribution in [2.24, 2.45) is 52.3 Å². The highest BCUT2D eigenvalue weighted by atomic mass is 16.6. The molecule has 2 aliphatic heterocycles. The van der Waals surface area contributed by atoms with Crippen molar-refractivity contribution in [2.45, 2.75) is 149 Å². The first-order valence-corrected chi connectivity index (χ1v) is 18.5. The number of piperidine rings is 1. The highest BCUT2D eigenvalue weighted by Gasteiger charge is 2.70. The van der Waals surface area contributed by atoms with Gasteiger partial charge in [-0.25, -0.2) is 4.79 Å². The first-order chi connectivity index (χ1) is 21.1. The Morgan fingerprint density at radius 1 is 1.00 bits per heavy atom. The number of hydrogen-bond donors (Lipinski definition) is 3. The Bertz CT molecular complexity index is 1110. The van der Waals surface area contributed by atoms with Crippen molar-refractivity contribution in [1.82, 2.24) is 15.5 Å². The van der Waals surface area contributed by atoms with Crippen molar-refractivity contribution in [3.63, 3.8) is 0 Å². The molecule has 8 heteroatoms. The van der Waals surface area contributed by atoms with E-state index in [0.29, 0.717) is 36.1 Å². The lowest BCUT2D eigenvalue weighted by Gasteiger charge is -2.62. The molecule has 0 aromatic carbocycles. The van der Waals surface area contributed by atoms with Crippen LogP contribution in [-0.2, 0) is 14.3 Å². The maximum Gasteiger partial charge on any atom is 0.407 e. The molecule has 0 bridgehead atoms. The molecule has 4 aliphatic carbocycles. The third kappa shape index (κ3) is 5.85. The van der Waals surface area contributed by atoms with Gasteiger partial charge in [0.2, 0.25) is 6.41 Å². The van der Waals surface area contributed by atoms with E-state index in [1.165, 1.54) is 25.7 Å². The number of aliphatic hydroxyl groups is 1. The summed E-state index contributed by atoms with van der Waals surface area (Å²) in [6.45, 7) is 17.6. The number of fused-ring (bicyclic) bond motifs is 7. The zero-order chi connectivity index (χ0) is 32.4. The minimum absolute atomic E-state index is 0.273. The lowest BCUT2D eigenvalue weighted by Crippen LogP contribution is -2.60. The van der Waals surface area contributed by atoms with E-state index in [1.807, 2.05) is 25.7 Å². The van der Waals surface area contributed by atoms with Gasteiger partial charge in [0, 0.05) is 19.0 Å². The number of ether oxygens (including phenoxy) is 2. The van der Waals surface area contributed by atoms with Crippen molar-refractivity contribution >= 4 is 12.5 Å². The summed E-state index contributed by atoms with van der Waals surface area (Å²) in [6, 6.07) is 0. The first-order valence-electron chi connectivity index (χ1n) is 18.5. The molecule has 0 aromatic rings. The Hall–Kier alpha value is -1.38. The van der Waals surface area contributed by atoms with E-state index in [9.17, 15) is 14.7 Å². The fourth-order valence-corrected chi connectivity index (χ4v) is 12.1. The fourth-order valence-electron chi connectivity index (χ4n) is 12.1. The molecule has 2 heterocycles. The van der Waals surface area contributed by atoms with Crippen LogP contribution in [0.3, 0.4) is 0 Å². The number of unbranched alkanes of at least 4 members (excludes halogenated alkanes) is 1. The van der Waals surface area contributed by atoms with Gasteiger partial charge < -0.3 is 24.8 Å². The van der Waals surface area contributed by atoms with Gasteiger partial charge in [-0.15, -0.1) is 0 Å². The lowest BCUT2D eigenvalue weighted by molar-refractivity contribution is -0.195. The van der Waals surface area contributed by atoms with Gasteiger partial charge in [0.05, 0.1) is 6.10 Å². The highest BCUT2D eigenvalue weighted by Crippen LogP contribution is 2.71. The van der Waals surface area contributed by atoms with Gasteiger partial charge in [0.25, 0.3) is 0 Å². The molecule has 6 aliphatic rings.